The number of aliphatic hydroxyl groups is 2. The molecule has 1 saturated heterocycles. The lowest BCUT2D eigenvalue weighted by Crippen LogP contribution is -2.37. The number of aromatic nitrogens is 2. The van der Waals surface area contributed by atoms with Crippen LogP contribution in [-0.4, -0.2) is 77.4 Å². The molecule has 4 N–H and O–H groups in total. The number of anilines is 1. The van der Waals surface area contributed by atoms with E-state index in [2.05, 4.69) is 30.8 Å². The van der Waals surface area contributed by atoms with E-state index in [1.54, 1.807) is 25.2 Å². The number of nitrogens with two attached hydrogens (primary N) is 1. The Morgan fingerprint density at radius 3 is 2.64 bits per heavy atom. The predicted octanol–water partition coefficient (Wildman–Crippen LogP) is 5.38. The molecule has 0 saturated carbocycles. The zero-order valence-corrected chi connectivity index (χ0v) is 26.7. The largest absolute Gasteiger partial charge is 0.512 e. The lowest BCUT2D eigenvalue weighted by Gasteiger charge is -2.31. The standard InChI is InChI=1S/C33H42N6O4S/c1-33(2,3)29(41)19-30(34)37-31-10-13-39(31)23-6-5-7-24(16-23)44-32-25-17-28(27(42-4)18-26(25)35-21-36-32)43-15-14-38-11-8-22(20-40)9-12-38/h5-7,10,16-19,21-22,40-41H,8-9,11-15,20H2,1-4H3,(H2,34,37)/b29-19-. The molecule has 11 heteroatoms. The first kappa shape index (κ1) is 31.6. The zero-order chi connectivity index (χ0) is 31.3. The van der Waals surface area contributed by atoms with Gasteiger partial charge in [0.2, 0.25) is 0 Å². The van der Waals surface area contributed by atoms with Crippen LogP contribution >= 0.6 is 11.8 Å². The van der Waals surface area contributed by atoms with Crippen LogP contribution in [-0.2, 0) is 0 Å². The molecule has 0 atom stereocenters. The number of hydrogen-bond donors (Lipinski definition) is 3. The van der Waals surface area contributed by atoms with Crippen molar-refractivity contribution in [3.05, 3.63) is 66.5 Å². The molecular weight excluding hydrogens is 576 g/mol. The molecule has 1 fully saturated rings. The molecule has 2 aliphatic heterocycles. The number of benzene rings is 2. The van der Waals surface area contributed by atoms with Crippen molar-refractivity contribution in [1.29, 1.82) is 0 Å². The highest BCUT2D eigenvalue weighted by atomic mass is 32.2. The van der Waals surface area contributed by atoms with Gasteiger partial charge in [-0.15, -0.1) is 0 Å². The molecule has 0 aliphatic carbocycles. The summed E-state index contributed by atoms with van der Waals surface area (Å²) in [7, 11) is 1.63. The van der Waals surface area contributed by atoms with Crippen LogP contribution in [0, 0.1) is 11.3 Å². The quantitative estimate of drug-likeness (QED) is 0.111. The van der Waals surface area contributed by atoms with Gasteiger partial charge < -0.3 is 30.3 Å². The first-order valence-corrected chi connectivity index (χ1v) is 15.8. The van der Waals surface area contributed by atoms with Crippen LogP contribution in [0.1, 0.15) is 33.6 Å². The minimum absolute atomic E-state index is 0.186. The molecule has 234 valence electrons. The highest BCUT2D eigenvalue weighted by molar-refractivity contribution is 7.99. The number of rotatable bonds is 11. The second-order valence-corrected chi connectivity index (χ2v) is 13.2. The molecular formula is C33H42N6O4S. The molecule has 0 radical (unpaired) electrons. The van der Waals surface area contributed by atoms with Gasteiger partial charge >= 0.3 is 0 Å². The molecule has 0 unspecified atom stereocenters. The number of aliphatic hydroxyl groups excluding tert-OH is 2. The van der Waals surface area contributed by atoms with Gasteiger partial charge in [-0.3, -0.25) is 4.90 Å². The zero-order valence-electron chi connectivity index (χ0n) is 25.9. The van der Waals surface area contributed by atoms with Crippen LogP contribution in [0.15, 0.2) is 81.4 Å². The topological polar surface area (TPSA) is 130 Å². The van der Waals surface area contributed by atoms with Gasteiger partial charge in [0, 0.05) is 53.2 Å². The average Bonchev–Trinajstić information content (AvgIpc) is 2.99. The molecule has 3 heterocycles. The van der Waals surface area contributed by atoms with Gasteiger partial charge in [0.25, 0.3) is 0 Å². The van der Waals surface area contributed by atoms with E-state index < -0.39 is 5.41 Å². The lowest BCUT2D eigenvalue weighted by molar-refractivity contribution is 0.118. The monoisotopic (exact) mass is 618 g/mol. The van der Waals surface area contributed by atoms with Gasteiger partial charge in [0.1, 0.15) is 35.4 Å². The highest BCUT2D eigenvalue weighted by Gasteiger charge is 2.22. The second kappa shape index (κ2) is 13.9. The molecule has 0 amide bonds. The number of likely N-dealkylation sites (tertiary alicyclic amines) is 1. The summed E-state index contributed by atoms with van der Waals surface area (Å²) in [5, 5.41) is 21.4. The van der Waals surface area contributed by atoms with E-state index in [9.17, 15) is 10.2 Å². The Kier molecular flexibility index (Phi) is 9.97. The SMILES string of the molecule is COc1cc2ncnc(Sc3cccc(N4CC=C4N=C(N)/C=C(\O)C(C)(C)C)c3)c2cc1OCCN1CCC(CO)CC1. The normalized spacial score (nSPS) is 17.0. The number of fused-ring (bicyclic) bond motifs is 1. The van der Waals surface area contributed by atoms with Gasteiger partial charge in [-0.1, -0.05) is 38.6 Å². The maximum Gasteiger partial charge on any atom is 0.162 e. The van der Waals surface area contributed by atoms with Crippen molar-refractivity contribution in [3.63, 3.8) is 0 Å². The number of amidine groups is 1. The second-order valence-electron chi connectivity index (χ2n) is 12.1. The molecule has 2 aromatic carbocycles. The molecule has 5 rings (SSSR count). The Morgan fingerprint density at radius 1 is 1.16 bits per heavy atom. The Hall–Kier alpha value is -3.80. The van der Waals surface area contributed by atoms with E-state index >= 15 is 0 Å². The van der Waals surface area contributed by atoms with E-state index in [1.165, 1.54) is 6.08 Å². The summed E-state index contributed by atoms with van der Waals surface area (Å²) < 4.78 is 11.9. The maximum absolute atomic E-state index is 10.3. The number of hydrogen-bond acceptors (Lipinski definition) is 10. The molecule has 44 heavy (non-hydrogen) atoms. The number of allylic oxidation sites excluding steroid dienone is 1. The summed E-state index contributed by atoms with van der Waals surface area (Å²) >= 11 is 1.56. The fourth-order valence-corrected chi connectivity index (χ4v) is 5.95. The third-order valence-corrected chi connectivity index (χ3v) is 8.90. The molecule has 0 bridgehead atoms. The summed E-state index contributed by atoms with van der Waals surface area (Å²) in [6, 6.07) is 12.1. The van der Waals surface area contributed by atoms with E-state index in [4.69, 9.17) is 15.2 Å². The van der Waals surface area contributed by atoms with Gasteiger partial charge in [-0.05, 0) is 62.2 Å². The molecule has 3 aromatic rings. The van der Waals surface area contributed by atoms with Crippen molar-refractivity contribution in [1.82, 2.24) is 14.9 Å². The predicted molar refractivity (Wildman–Crippen MR) is 176 cm³/mol. The Morgan fingerprint density at radius 2 is 1.95 bits per heavy atom. The molecule has 1 aromatic heterocycles. The smallest absolute Gasteiger partial charge is 0.162 e. The van der Waals surface area contributed by atoms with Crippen LogP contribution < -0.4 is 20.1 Å². The van der Waals surface area contributed by atoms with Crippen LogP contribution in [0.3, 0.4) is 0 Å². The number of nitrogens with zero attached hydrogens (tertiary/aromatic N) is 5. The van der Waals surface area contributed by atoms with Crippen molar-refractivity contribution >= 4 is 34.2 Å². The van der Waals surface area contributed by atoms with Crippen molar-refractivity contribution in [2.24, 2.45) is 22.1 Å². The van der Waals surface area contributed by atoms with Crippen LogP contribution in [0.5, 0.6) is 11.5 Å². The minimum Gasteiger partial charge on any atom is -0.512 e. The summed E-state index contributed by atoms with van der Waals surface area (Å²) in [4.78, 5) is 19.1. The summed E-state index contributed by atoms with van der Waals surface area (Å²) in [5.41, 5.74) is 7.48. The minimum atomic E-state index is -0.402. The number of methoxy groups -OCH3 is 1. The maximum atomic E-state index is 10.3. The first-order valence-electron chi connectivity index (χ1n) is 14.9. The van der Waals surface area contributed by atoms with Crippen molar-refractivity contribution in [2.45, 2.75) is 43.5 Å². The van der Waals surface area contributed by atoms with Crippen molar-refractivity contribution in [3.8, 4) is 11.5 Å². The molecule has 2 aliphatic rings. The van der Waals surface area contributed by atoms with Gasteiger partial charge in [0.15, 0.2) is 11.5 Å². The number of piperidine rings is 1. The third kappa shape index (κ3) is 7.64. The Bertz CT molecular complexity index is 1560. The van der Waals surface area contributed by atoms with Gasteiger partial charge in [-0.25, -0.2) is 15.0 Å². The van der Waals surface area contributed by atoms with Crippen LogP contribution in [0.25, 0.3) is 10.9 Å². The van der Waals surface area contributed by atoms with Crippen LogP contribution in [0.2, 0.25) is 0 Å². The average molecular weight is 619 g/mol. The molecule has 0 spiro atoms. The van der Waals surface area contributed by atoms with E-state index in [0.717, 1.165) is 64.8 Å². The van der Waals surface area contributed by atoms with Crippen molar-refractivity contribution in [2.75, 3.05) is 51.4 Å². The Balaban J connectivity index is 1.30. The molecule has 10 nitrogen and oxygen atoms in total. The third-order valence-electron chi connectivity index (χ3n) is 7.89. The van der Waals surface area contributed by atoms with Crippen LogP contribution in [0.4, 0.5) is 5.69 Å². The fourth-order valence-electron chi connectivity index (χ4n) is 5.03. The van der Waals surface area contributed by atoms with E-state index in [0.29, 0.717) is 30.6 Å². The van der Waals surface area contributed by atoms with Crippen molar-refractivity contribution < 1.29 is 19.7 Å². The first-order chi connectivity index (χ1) is 21.1. The van der Waals surface area contributed by atoms with E-state index in [-0.39, 0.29) is 18.2 Å². The Labute approximate surface area is 263 Å². The summed E-state index contributed by atoms with van der Waals surface area (Å²) in [6.07, 6.45) is 7.12. The summed E-state index contributed by atoms with van der Waals surface area (Å²) in [6.45, 7) is 10.0. The lowest BCUT2D eigenvalue weighted by atomic mass is 9.93. The number of ether oxygens (including phenoxy) is 2. The van der Waals surface area contributed by atoms with Gasteiger partial charge in [-0.2, -0.15) is 0 Å². The van der Waals surface area contributed by atoms with Gasteiger partial charge in [0.05, 0.1) is 12.6 Å². The fraction of sp³-hybridized carbons (Fsp3) is 0.424. The number of aliphatic imine (C=N–C) groups is 1. The summed E-state index contributed by atoms with van der Waals surface area (Å²) in [5.74, 6) is 2.89. The van der Waals surface area contributed by atoms with E-state index in [1.807, 2.05) is 57.2 Å². The highest BCUT2D eigenvalue weighted by Crippen LogP contribution is 2.39.